The Morgan fingerprint density at radius 3 is 1.76 bits per heavy atom. The zero-order valence-electron chi connectivity index (χ0n) is 13.1. The normalized spacial score (nSPS) is 16.4. The van der Waals surface area contributed by atoms with Gasteiger partial charge in [0, 0.05) is 12.3 Å². The first-order valence-electron chi connectivity index (χ1n) is 7.08. The van der Waals surface area contributed by atoms with Gasteiger partial charge in [-0.2, -0.15) is 0 Å². The van der Waals surface area contributed by atoms with Crippen LogP contribution in [0.25, 0.3) is 0 Å². The third kappa shape index (κ3) is 6.24. The summed E-state index contributed by atoms with van der Waals surface area (Å²) in [5, 5.41) is 0. The first-order chi connectivity index (χ1) is 7.55. The molecule has 0 aliphatic heterocycles. The minimum Gasteiger partial charge on any atom is -0.299 e. The molecule has 0 unspecified atom stereocenters. The SMILES string of the molecule is CC(C)C[C@H](C)CC(=O)[C@@H](C(C)C)C(C)(C)C. The average Bonchev–Trinajstić information content (AvgIpc) is 1.95. The highest BCUT2D eigenvalue weighted by Gasteiger charge is 2.33. The summed E-state index contributed by atoms with van der Waals surface area (Å²) in [5.41, 5.74) is 0.0861. The quantitative estimate of drug-likeness (QED) is 0.642. The summed E-state index contributed by atoms with van der Waals surface area (Å²) < 4.78 is 0. The Balaban J connectivity index is 4.55. The minimum atomic E-state index is 0.0861. The maximum atomic E-state index is 12.4. The maximum absolute atomic E-state index is 12.4. The fourth-order valence-corrected chi connectivity index (χ4v) is 3.21. The summed E-state index contributed by atoms with van der Waals surface area (Å²) in [4.78, 5) is 12.4. The molecule has 0 fully saturated rings. The molecule has 0 heterocycles. The lowest BCUT2D eigenvalue weighted by Gasteiger charge is -2.33. The first kappa shape index (κ1) is 16.7. The Hall–Kier alpha value is -0.330. The lowest BCUT2D eigenvalue weighted by molar-refractivity contribution is -0.128. The lowest BCUT2D eigenvalue weighted by Crippen LogP contribution is -2.33. The van der Waals surface area contributed by atoms with Gasteiger partial charge in [0.25, 0.3) is 0 Å². The van der Waals surface area contributed by atoms with Crippen LogP contribution in [0, 0.1) is 29.1 Å². The molecule has 0 rings (SSSR count). The van der Waals surface area contributed by atoms with Gasteiger partial charge in [-0.25, -0.2) is 0 Å². The zero-order valence-corrected chi connectivity index (χ0v) is 13.1. The van der Waals surface area contributed by atoms with Crippen LogP contribution in [0.4, 0.5) is 0 Å². The van der Waals surface area contributed by atoms with E-state index in [0.29, 0.717) is 23.5 Å². The maximum Gasteiger partial charge on any atom is 0.137 e. The van der Waals surface area contributed by atoms with Crippen molar-refractivity contribution >= 4 is 5.78 Å². The Morgan fingerprint density at radius 2 is 1.47 bits per heavy atom. The van der Waals surface area contributed by atoms with E-state index in [0.717, 1.165) is 12.8 Å². The highest BCUT2D eigenvalue weighted by atomic mass is 16.1. The van der Waals surface area contributed by atoms with Crippen molar-refractivity contribution in [2.45, 2.75) is 68.2 Å². The lowest BCUT2D eigenvalue weighted by atomic mass is 9.70. The van der Waals surface area contributed by atoms with Gasteiger partial charge in [-0.15, -0.1) is 0 Å². The molecule has 0 spiro atoms. The second kappa shape index (κ2) is 6.56. The molecule has 17 heavy (non-hydrogen) atoms. The molecule has 0 radical (unpaired) electrons. The Kier molecular flexibility index (Phi) is 6.43. The van der Waals surface area contributed by atoms with E-state index in [1.54, 1.807) is 0 Å². The van der Waals surface area contributed by atoms with E-state index in [2.05, 4.69) is 55.4 Å². The van der Waals surface area contributed by atoms with Gasteiger partial charge in [-0.1, -0.05) is 55.4 Å². The van der Waals surface area contributed by atoms with Gasteiger partial charge in [-0.3, -0.25) is 4.79 Å². The molecule has 1 nitrogen and oxygen atoms in total. The Labute approximate surface area is 108 Å². The second-order valence-corrected chi connectivity index (χ2v) is 7.49. The van der Waals surface area contributed by atoms with Crippen LogP contribution in [0.1, 0.15) is 68.2 Å². The van der Waals surface area contributed by atoms with Crippen LogP contribution < -0.4 is 0 Å². The summed E-state index contributed by atoms with van der Waals surface area (Å²) in [7, 11) is 0. The molecule has 0 saturated carbocycles. The summed E-state index contributed by atoms with van der Waals surface area (Å²) in [6.45, 7) is 17.5. The standard InChI is InChI=1S/C16H32O/c1-11(2)9-13(5)10-14(17)15(12(3)4)16(6,7)8/h11-13,15H,9-10H2,1-8H3/t13-,15+/m0/s1. The summed E-state index contributed by atoms with van der Waals surface area (Å²) in [6, 6.07) is 0. The van der Waals surface area contributed by atoms with Crippen LogP contribution in [0.3, 0.4) is 0 Å². The van der Waals surface area contributed by atoms with E-state index >= 15 is 0 Å². The molecule has 2 atom stereocenters. The molecule has 0 aromatic carbocycles. The Morgan fingerprint density at radius 1 is 1.00 bits per heavy atom. The van der Waals surface area contributed by atoms with Crippen molar-refractivity contribution in [3.63, 3.8) is 0 Å². The second-order valence-electron chi connectivity index (χ2n) is 7.49. The monoisotopic (exact) mass is 240 g/mol. The van der Waals surface area contributed by atoms with Crippen molar-refractivity contribution in [1.82, 2.24) is 0 Å². The topological polar surface area (TPSA) is 17.1 Å². The van der Waals surface area contributed by atoms with Crippen LogP contribution >= 0.6 is 0 Å². The van der Waals surface area contributed by atoms with E-state index in [-0.39, 0.29) is 11.3 Å². The fraction of sp³-hybridized carbons (Fsp3) is 0.938. The van der Waals surface area contributed by atoms with Gasteiger partial charge in [-0.05, 0) is 29.6 Å². The van der Waals surface area contributed by atoms with Crippen molar-refractivity contribution < 1.29 is 4.79 Å². The largest absolute Gasteiger partial charge is 0.299 e. The number of rotatable bonds is 6. The third-order valence-electron chi connectivity index (χ3n) is 3.37. The Bertz CT molecular complexity index is 232. The molecule has 0 bridgehead atoms. The number of hydrogen-bond donors (Lipinski definition) is 0. The molecule has 0 aliphatic rings. The van der Waals surface area contributed by atoms with Gasteiger partial charge in [0.15, 0.2) is 0 Å². The van der Waals surface area contributed by atoms with Gasteiger partial charge >= 0.3 is 0 Å². The predicted molar refractivity (Wildman–Crippen MR) is 76.0 cm³/mol. The third-order valence-corrected chi connectivity index (χ3v) is 3.37. The van der Waals surface area contributed by atoms with Gasteiger partial charge in [0.2, 0.25) is 0 Å². The van der Waals surface area contributed by atoms with Gasteiger partial charge < -0.3 is 0 Å². The highest BCUT2D eigenvalue weighted by molar-refractivity contribution is 5.82. The molecule has 0 aromatic heterocycles. The number of hydrogen-bond acceptors (Lipinski definition) is 1. The average molecular weight is 240 g/mol. The molecule has 0 amide bonds. The summed E-state index contributed by atoms with van der Waals surface area (Å²) in [6.07, 6.45) is 1.90. The van der Waals surface area contributed by atoms with Crippen LogP contribution in [-0.2, 0) is 4.79 Å². The number of Topliss-reactive ketones (excluding diaryl/α,β-unsaturated/α-hetero) is 1. The minimum absolute atomic E-state index is 0.0861. The molecular weight excluding hydrogens is 208 g/mol. The highest BCUT2D eigenvalue weighted by Crippen LogP contribution is 2.34. The van der Waals surface area contributed by atoms with Crippen molar-refractivity contribution in [2.24, 2.45) is 29.1 Å². The van der Waals surface area contributed by atoms with E-state index in [4.69, 9.17) is 0 Å². The smallest absolute Gasteiger partial charge is 0.137 e. The molecule has 0 saturated heterocycles. The van der Waals surface area contributed by atoms with Crippen molar-refractivity contribution in [2.75, 3.05) is 0 Å². The van der Waals surface area contributed by atoms with Gasteiger partial charge in [0.05, 0.1) is 0 Å². The van der Waals surface area contributed by atoms with Crippen LogP contribution in [0.5, 0.6) is 0 Å². The molecule has 1 heteroatoms. The molecular formula is C16H32O. The van der Waals surface area contributed by atoms with Crippen molar-refractivity contribution in [3.05, 3.63) is 0 Å². The van der Waals surface area contributed by atoms with E-state index in [1.165, 1.54) is 0 Å². The number of ketones is 1. The fourth-order valence-electron chi connectivity index (χ4n) is 3.21. The van der Waals surface area contributed by atoms with E-state index < -0.39 is 0 Å². The molecule has 0 N–H and O–H groups in total. The van der Waals surface area contributed by atoms with Gasteiger partial charge in [0.1, 0.15) is 5.78 Å². The summed E-state index contributed by atoms with van der Waals surface area (Å²) >= 11 is 0. The van der Waals surface area contributed by atoms with Crippen molar-refractivity contribution in [1.29, 1.82) is 0 Å². The number of carbonyl (C=O) groups is 1. The van der Waals surface area contributed by atoms with Crippen LogP contribution in [-0.4, -0.2) is 5.78 Å². The molecule has 0 aliphatic carbocycles. The molecule has 102 valence electrons. The number of carbonyl (C=O) groups excluding carboxylic acids is 1. The van der Waals surface area contributed by atoms with Crippen molar-refractivity contribution in [3.8, 4) is 0 Å². The summed E-state index contributed by atoms with van der Waals surface area (Å²) in [5.74, 6) is 2.29. The first-order valence-corrected chi connectivity index (χ1v) is 7.08. The van der Waals surface area contributed by atoms with Crippen LogP contribution in [0.2, 0.25) is 0 Å². The predicted octanol–water partition coefficient (Wildman–Crippen LogP) is 4.95. The van der Waals surface area contributed by atoms with Crippen LogP contribution in [0.15, 0.2) is 0 Å². The van der Waals surface area contributed by atoms with E-state index in [9.17, 15) is 4.79 Å². The van der Waals surface area contributed by atoms with E-state index in [1.807, 2.05) is 0 Å². The molecule has 0 aromatic rings. The zero-order chi connectivity index (χ0) is 13.8.